The second-order valence-corrected chi connectivity index (χ2v) is 6.57. The molecule has 0 atom stereocenters. The lowest BCUT2D eigenvalue weighted by molar-refractivity contribution is 0.112. The molecule has 4 nitrogen and oxygen atoms in total. The van der Waals surface area contributed by atoms with Gasteiger partial charge in [0.1, 0.15) is 17.8 Å². The summed E-state index contributed by atoms with van der Waals surface area (Å²) in [5, 5.41) is 0. The highest BCUT2D eigenvalue weighted by atomic mass is 16.5. The molecule has 0 unspecified atom stereocenters. The first-order chi connectivity index (χ1) is 12.8. The number of carbonyl (C=O) groups is 1. The van der Waals surface area contributed by atoms with E-state index < -0.39 is 0 Å². The number of aromatic nitrogens is 1. The summed E-state index contributed by atoms with van der Waals surface area (Å²) in [5.41, 5.74) is 5.04. The molecule has 1 aliphatic rings. The van der Waals surface area contributed by atoms with Gasteiger partial charge in [-0.05, 0) is 61.6 Å². The van der Waals surface area contributed by atoms with Crippen LogP contribution in [0.4, 0.5) is 0 Å². The molecule has 132 valence electrons. The molecule has 0 saturated heterocycles. The summed E-state index contributed by atoms with van der Waals surface area (Å²) in [4.78, 5) is 15.8. The summed E-state index contributed by atoms with van der Waals surface area (Å²) in [6, 6.07) is 13.7. The van der Waals surface area contributed by atoms with E-state index in [-0.39, 0.29) is 0 Å². The largest absolute Gasteiger partial charge is 0.493 e. The molecule has 0 bridgehead atoms. The minimum atomic E-state index is 0.536. The van der Waals surface area contributed by atoms with E-state index in [9.17, 15) is 4.79 Å². The van der Waals surface area contributed by atoms with E-state index in [0.717, 1.165) is 59.4 Å². The van der Waals surface area contributed by atoms with Gasteiger partial charge in [0.25, 0.3) is 0 Å². The zero-order valence-electron chi connectivity index (χ0n) is 14.8. The van der Waals surface area contributed by atoms with Gasteiger partial charge in [0, 0.05) is 17.5 Å². The third kappa shape index (κ3) is 3.15. The summed E-state index contributed by atoms with van der Waals surface area (Å²) in [6.45, 7) is 2.47. The molecule has 2 aromatic carbocycles. The van der Waals surface area contributed by atoms with Crippen LogP contribution in [0.3, 0.4) is 0 Å². The molecule has 0 fully saturated rings. The minimum absolute atomic E-state index is 0.536. The molecule has 1 aliphatic carbocycles. The fraction of sp³-hybridized carbons (Fsp3) is 0.273. The number of rotatable bonds is 6. The Morgan fingerprint density at radius 1 is 1.12 bits per heavy atom. The quantitative estimate of drug-likeness (QED) is 0.613. The molecule has 1 aromatic heterocycles. The van der Waals surface area contributed by atoms with E-state index in [1.165, 1.54) is 5.56 Å². The summed E-state index contributed by atoms with van der Waals surface area (Å²) < 4.78 is 11.8. The SMILES string of the molecule is Cc1oc(-c2ccccc2)nc1CCOc1ccc(C=O)c2c1CCC2. The number of ether oxygens (including phenoxy) is 1. The molecule has 0 saturated carbocycles. The molecule has 0 N–H and O–H groups in total. The second-order valence-electron chi connectivity index (χ2n) is 6.57. The fourth-order valence-electron chi connectivity index (χ4n) is 3.57. The number of benzene rings is 2. The minimum Gasteiger partial charge on any atom is -0.493 e. The Bertz CT molecular complexity index is 928. The Morgan fingerprint density at radius 2 is 1.92 bits per heavy atom. The molecule has 0 aliphatic heterocycles. The van der Waals surface area contributed by atoms with Crippen LogP contribution in [0.1, 0.15) is 39.4 Å². The van der Waals surface area contributed by atoms with Gasteiger partial charge in [0.15, 0.2) is 0 Å². The molecule has 4 heteroatoms. The first kappa shape index (κ1) is 16.6. The van der Waals surface area contributed by atoms with Crippen molar-refractivity contribution >= 4 is 6.29 Å². The Hall–Kier alpha value is -2.88. The van der Waals surface area contributed by atoms with Crippen LogP contribution in [-0.4, -0.2) is 17.9 Å². The summed E-state index contributed by atoms with van der Waals surface area (Å²) in [5.74, 6) is 2.37. The molecule has 0 radical (unpaired) electrons. The Morgan fingerprint density at radius 3 is 2.73 bits per heavy atom. The molecule has 3 aromatic rings. The van der Waals surface area contributed by atoms with Crippen LogP contribution in [0, 0.1) is 6.92 Å². The van der Waals surface area contributed by atoms with Gasteiger partial charge in [-0.15, -0.1) is 0 Å². The van der Waals surface area contributed by atoms with Gasteiger partial charge >= 0.3 is 0 Å². The number of carbonyl (C=O) groups excluding carboxylic acids is 1. The molecule has 0 amide bonds. The van der Waals surface area contributed by atoms with Crippen LogP contribution in [-0.2, 0) is 19.3 Å². The number of oxazole rings is 1. The molecule has 1 heterocycles. The van der Waals surface area contributed by atoms with Gasteiger partial charge in [-0.2, -0.15) is 0 Å². The van der Waals surface area contributed by atoms with Crippen molar-refractivity contribution in [3.63, 3.8) is 0 Å². The third-order valence-electron chi connectivity index (χ3n) is 4.91. The lowest BCUT2D eigenvalue weighted by Gasteiger charge is -2.11. The molecule has 26 heavy (non-hydrogen) atoms. The van der Waals surface area contributed by atoms with Crippen molar-refractivity contribution in [2.75, 3.05) is 6.61 Å². The maximum absolute atomic E-state index is 11.2. The van der Waals surface area contributed by atoms with E-state index in [1.807, 2.05) is 49.4 Å². The van der Waals surface area contributed by atoms with Crippen molar-refractivity contribution < 1.29 is 13.9 Å². The number of aldehydes is 1. The Balaban J connectivity index is 1.45. The van der Waals surface area contributed by atoms with Crippen LogP contribution in [0.25, 0.3) is 11.5 Å². The Labute approximate surface area is 152 Å². The lowest BCUT2D eigenvalue weighted by Crippen LogP contribution is -2.05. The number of hydrogen-bond donors (Lipinski definition) is 0. The zero-order chi connectivity index (χ0) is 17.9. The first-order valence-electron chi connectivity index (χ1n) is 9.00. The van der Waals surface area contributed by atoms with Gasteiger partial charge in [-0.25, -0.2) is 4.98 Å². The smallest absolute Gasteiger partial charge is 0.226 e. The van der Waals surface area contributed by atoms with E-state index in [2.05, 4.69) is 4.98 Å². The highest BCUT2D eigenvalue weighted by molar-refractivity contribution is 5.79. The molecule has 0 spiro atoms. The van der Waals surface area contributed by atoms with Gasteiger partial charge < -0.3 is 9.15 Å². The van der Waals surface area contributed by atoms with Gasteiger partial charge in [0.05, 0.1) is 12.3 Å². The van der Waals surface area contributed by atoms with Crippen molar-refractivity contribution in [2.45, 2.75) is 32.6 Å². The first-order valence-corrected chi connectivity index (χ1v) is 9.00. The third-order valence-corrected chi connectivity index (χ3v) is 4.91. The maximum Gasteiger partial charge on any atom is 0.226 e. The number of aryl methyl sites for hydroxylation is 1. The van der Waals surface area contributed by atoms with Crippen molar-refractivity contribution in [3.8, 4) is 17.2 Å². The maximum atomic E-state index is 11.2. The highest BCUT2D eigenvalue weighted by Gasteiger charge is 2.19. The number of hydrogen-bond acceptors (Lipinski definition) is 4. The van der Waals surface area contributed by atoms with Gasteiger partial charge in [0.2, 0.25) is 5.89 Å². The molecular weight excluding hydrogens is 326 g/mol. The average Bonchev–Trinajstić information content (AvgIpc) is 3.30. The topological polar surface area (TPSA) is 52.3 Å². The van der Waals surface area contributed by atoms with Crippen molar-refractivity contribution in [3.05, 3.63) is 70.6 Å². The van der Waals surface area contributed by atoms with Crippen LogP contribution in [0.2, 0.25) is 0 Å². The van der Waals surface area contributed by atoms with Crippen LogP contribution in [0.15, 0.2) is 46.9 Å². The zero-order valence-corrected chi connectivity index (χ0v) is 14.8. The number of nitrogens with zero attached hydrogens (tertiary/aromatic N) is 1. The van der Waals surface area contributed by atoms with Crippen molar-refractivity contribution in [1.82, 2.24) is 4.98 Å². The fourth-order valence-corrected chi connectivity index (χ4v) is 3.57. The predicted molar refractivity (Wildman–Crippen MR) is 99.7 cm³/mol. The Kier molecular flexibility index (Phi) is 4.57. The summed E-state index contributed by atoms with van der Waals surface area (Å²) in [7, 11) is 0. The van der Waals surface area contributed by atoms with E-state index in [1.54, 1.807) is 0 Å². The lowest BCUT2D eigenvalue weighted by atomic mass is 10.0. The molecule has 4 rings (SSSR count). The predicted octanol–water partition coefficient (Wildman–Crippen LogP) is 4.57. The number of fused-ring (bicyclic) bond motifs is 1. The highest BCUT2D eigenvalue weighted by Crippen LogP contribution is 2.33. The van der Waals surface area contributed by atoms with Gasteiger partial charge in [-0.1, -0.05) is 18.2 Å². The van der Waals surface area contributed by atoms with E-state index in [0.29, 0.717) is 18.9 Å². The average molecular weight is 347 g/mol. The monoisotopic (exact) mass is 347 g/mol. The molecular formula is C22H21NO3. The van der Waals surface area contributed by atoms with Crippen LogP contribution in [0.5, 0.6) is 5.75 Å². The van der Waals surface area contributed by atoms with E-state index in [4.69, 9.17) is 9.15 Å². The van der Waals surface area contributed by atoms with Gasteiger partial charge in [-0.3, -0.25) is 4.79 Å². The van der Waals surface area contributed by atoms with E-state index >= 15 is 0 Å². The standard InChI is InChI=1S/C22H21NO3/c1-15-20(23-22(26-15)16-6-3-2-4-7-16)12-13-25-21-11-10-17(14-24)18-8-5-9-19(18)21/h2-4,6-7,10-11,14H,5,8-9,12-13H2,1H3. The van der Waals surface area contributed by atoms with Crippen molar-refractivity contribution in [1.29, 1.82) is 0 Å². The van der Waals surface area contributed by atoms with Crippen molar-refractivity contribution in [2.24, 2.45) is 0 Å². The second kappa shape index (κ2) is 7.16. The summed E-state index contributed by atoms with van der Waals surface area (Å²) >= 11 is 0. The van der Waals surface area contributed by atoms with Crippen LogP contribution < -0.4 is 4.74 Å². The normalized spacial score (nSPS) is 12.8. The van der Waals surface area contributed by atoms with Crippen LogP contribution >= 0.6 is 0 Å². The summed E-state index contributed by atoms with van der Waals surface area (Å²) in [6.07, 6.45) is 4.65.